The zero-order valence-corrected chi connectivity index (χ0v) is 15.8. The van der Waals surface area contributed by atoms with Gasteiger partial charge in [0.15, 0.2) is 6.73 Å². The monoisotopic (exact) mass is 398 g/mol. The second kappa shape index (κ2) is 8.42. The summed E-state index contributed by atoms with van der Waals surface area (Å²) < 4.78 is 15.1. The maximum Gasteiger partial charge on any atom is 0.327 e. The number of rotatable bonds is 7. The van der Waals surface area contributed by atoms with E-state index in [1.54, 1.807) is 18.2 Å². The molecule has 3 rings (SSSR count). The molecule has 1 aliphatic rings. The van der Waals surface area contributed by atoms with E-state index in [0.717, 1.165) is 4.90 Å². The zero-order chi connectivity index (χ0) is 21.0. The number of nitrogens with one attached hydrogen (secondary N) is 1. The molecule has 0 unspecified atom stereocenters. The smallest absolute Gasteiger partial charge is 0.327 e. The highest BCUT2D eigenvalue weighted by molar-refractivity contribution is 6.21. The highest BCUT2D eigenvalue weighted by Gasteiger charge is 2.35. The number of methoxy groups -OCH3 is 2. The number of amides is 3. The van der Waals surface area contributed by atoms with Crippen LogP contribution in [0.15, 0.2) is 42.5 Å². The minimum Gasteiger partial charge on any atom is -0.497 e. The number of esters is 1. The van der Waals surface area contributed by atoms with E-state index in [2.05, 4.69) is 5.32 Å². The van der Waals surface area contributed by atoms with E-state index < -0.39 is 37.0 Å². The third kappa shape index (κ3) is 4.18. The molecular weight excluding hydrogens is 380 g/mol. The first-order valence-corrected chi connectivity index (χ1v) is 8.56. The molecule has 1 heterocycles. The molecule has 9 nitrogen and oxygen atoms in total. The molecule has 9 heteroatoms. The van der Waals surface area contributed by atoms with Gasteiger partial charge in [-0.2, -0.15) is 0 Å². The molecule has 150 valence electrons. The molecule has 0 spiro atoms. The van der Waals surface area contributed by atoms with Crippen LogP contribution in [0.1, 0.15) is 31.1 Å². The first kappa shape index (κ1) is 19.9. The Morgan fingerprint density at radius 1 is 0.931 bits per heavy atom. The number of imide groups is 1. The minimum atomic E-state index is -0.801. The van der Waals surface area contributed by atoms with Gasteiger partial charge in [-0.25, -0.2) is 4.90 Å². The van der Waals surface area contributed by atoms with E-state index in [-0.39, 0.29) is 16.7 Å². The van der Waals surface area contributed by atoms with Crippen LogP contribution in [-0.2, 0) is 9.53 Å². The molecule has 0 radical (unpaired) electrons. The van der Waals surface area contributed by atoms with Crippen molar-refractivity contribution in [3.05, 3.63) is 59.2 Å². The summed E-state index contributed by atoms with van der Waals surface area (Å²) >= 11 is 0. The van der Waals surface area contributed by atoms with Crippen molar-refractivity contribution >= 4 is 23.7 Å². The van der Waals surface area contributed by atoms with Gasteiger partial charge in [0.05, 0.1) is 25.3 Å². The third-order valence-electron chi connectivity index (χ3n) is 4.24. The van der Waals surface area contributed by atoms with Gasteiger partial charge in [0.25, 0.3) is 17.7 Å². The van der Waals surface area contributed by atoms with Crippen LogP contribution in [0.2, 0.25) is 0 Å². The molecule has 0 saturated heterocycles. The first-order chi connectivity index (χ1) is 13.9. The molecule has 0 atom stereocenters. The largest absolute Gasteiger partial charge is 0.497 e. The van der Waals surface area contributed by atoms with Gasteiger partial charge < -0.3 is 19.5 Å². The van der Waals surface area contributed by atoms with Crippen molar-refractivity contribution in [2.45, 2.75) is 0 Å². The van der Waals surface area contributed by atoms with Crippen molar-refractivity contribution in [3.63, 3.8) is 0 Å². The number of benzene rings is 2. The van der Waals surface area contributed by atoms with Gasteiger partial charge >= 0.3 is 5.97 Å². The van der Waals surface area contributed by atoms with Crippen LogP contribution in [0.3, 0.4) is 0 Å². The fourth-order valence-electron chi connectivity index (χ4n) is 2.74. The number of nitrogens with zero attached hydrogens (tertiary/aromatic N) is 1. The van der Waals surface area contributed by atoms with Crippen molar-refractivity contribution in [2.75, 3.05) is 27.5 Å². The lowest BCUT2D eigenvalue weighted by atomic mass is 10.1. The standard InChI is InChI=1S/C20H18N2O7/c1-27-13-7-12(8-14(9-13)28-2)18(24)21-10-17(23)29-11-22-19(25)15-5-3-4-6-16(15)20(22)26/h3-9H,10-11H2,1-2H3,(H,21,24). The van der Waals surface area contributed by atoms with Gasteiger partial charge in [-0.05, 0) is 24.3 Å². The molecular formula is C20H18N2O7. The van der Waals surface area contributed by atoms with Gasteiger partial charge in [-0.3, -0.25) is 19.2 Å². The molecule has 1 aliphatic heterocycles. The van der Waals surface area contributed by atoms with E-state index in [0.29, 0.717) is 11.5 Å². The van der Waals surface area contributed by atoms with Crippen LogP contribution in [0.25, 0.3) is 0 Å². The van der Waals surface area contributed by atoms with Gasteiger partial charge in [-0.1, -0.05) is 12.1 Å². The molecule has 0 fully saturated rings. The van der Waals surface area contributed by atoms with E-state index in [4.69, 9.17) is 14.2 Å². The molecule has 3 amide bonds. The van der Waals surface area contributed by atoms with Crippen LogP contribution < -0.4 is 14.8 Å². The number of ether oxygens (including phenoxy) is 3. The van der Waals surface area contributed by atoms with Gasteiger partial charge in [0.1, 0.15) is 18.0 Å². The average Bonchev–Trinajstić information content (AvgIpc) is 3.00. The number of hydrogen-bond donors (Lipinski definition) is 1. The third-order valence-corrected chi connectivity index (χ3v) is 4.24. The summed E-state index contributed by atoms with van der Waals surface area (Å²) in [5, 5.41) is 2.40. The van der Waals surface area contributed by atoms with Crippen molar-refractivity contribution in [1.82, 2.24) is 10.2 Å². The number of fused-ring (bicyclic) bond motifs is 1. The average molecular weight is 398 g/mol. The second-order valence-corrected chi connectivity index (χ2v) is 6.01. The number of hydrogen-bond acceptors (Lipinski definition) is 7. The fourth-order valence-corrected chi connectivity index (χ4v) is 2.74. The minimum absolute atomic E-state index is 0.231. The molecule has 0 bridgehead atoms. The van der Waals surface area contributed by atoms with E-state index in [9.17, 15) is 19.2 Å². The summed E-state index contributed by atoms with van der Waals surface area (Å²) in [7, 11) is 2.90. The lowest BCUT2D eigenvalue weighted by molar-refractivity contribution is -0.145. The quantitative estimate of drug-likeness (QED) is 0.552. The highest BCUT2D eigenvalue weighted by atomic mass is 16.5. The molecule has 1 N–H and O–H groups in total. The lowest BCUT2D eigenvalue weighted by Crippen LogP contribution is -2.36. The maximum absolute atomic E-state index is 12.3. The van der Waals surface area contributed by atoms with Crippen LogP contribution in [-0.4, -0.2) is 56.1 Å². The van der Waals surface area contributed by atoms with Gasteiger partial charge in [0.2, 0.25) is 0 Å². The molecule has 2 aromatic rings. The summed E-state index contributed by atoms with van der Waals surface area (Å²) in [6.07, 6.45) is 0. The summed E-state index contributed by atoms with van der Waals surface area (Å²) in [6, 6.07) is 10.9. The Kier molecular flexibility index (Phi) is 5.77. The van der Waals surface area contributed by atoms with Crippen molar-refractivity contribution in [1.29, 1.82) is 0 Å². The summed E-state index contributed by atoms with van der Waals surface area (Å²) in [5.41, 5.74) is 0.747. The second-order valence-electron chi connectivity index (χ2n) is 6.01. The first-order valence-electron chi connectivity index (χ1n) is 8.56. The van der Waals surface area contributed by atoms with Crippen molar-refractivity contribution < 1.29 is 33.4 Å². The Balaban J connectivity index is 1.54. The maximum atomic E-state index is 12.3. The predicted molar refractivity (Wildman–Crippen MR) is 99.8 cm³/mol. The Morgan fingerprint density at radius 3 is 2.00 bits per heavy atom. The Bertz CT molecular complexity index is 929. The number of carbonyl (C=O) groups excluding carboxylic acids is 4. The topological polar surface area (TPSA) is 111 Å². The van der Waals surface area contributed by atoms with Crippen molar-refractivity contribution in [2.24, 2.45) is 0 Å². The van der Waals surface area contributed by atoms with Crippen LogP contribution >= 0.6 is 0 Å². The van der Waals surface area contributed by atoms with Gasteiger partial charge in [-0.15, -0.1) is 0 Å². The zero-order valence-electron chi connectivity index (χ0n) is 15.8. The lowest BCUT2D eigenvalue weighted by Gasteiger charge is -2.14. The van der Waals surface area contributed by atoms with Crippen LogP contribution in [0.5, 0.6) is 11.5 Å². The fraction of sp³-hybridized carbons (Fsp3) is 0.200. The summed E-state index contributed by atoms with van der Waals surface area (Å²) in [6.45, 7) is -0.977. The van der Waals surface area contributed by atoms with E-state index in [1.807, 2.05) is 0 Å². The summed E-state index contributed by atoms with van der Waals surface area (Å²) in [5.74, 6) is -1.58. The molecule has 0 saturated carbocycles. The van der Waals surface area contributed by atoms with E-state index >= 15 is 0 Å². The predicted octanol–water partition coefficient (Wildman–Crippen LogP) is 1.23. The highest BCUT2D eigenvalue weighted by Crippen LogP contribution is 2.23. The normalized spacial score (nSPS) is 12.4. The Hall–Kier alpha value is -3.88. The van der Waals surface area contributed by atoms with Crippen LogP contribution in [0, 0.1) is 0 Å². The SMILES string of the molecule is COc1cc(OC)cc(C(=O)NCC(=O)OCN2C(=O)c3ccccc3C2=O)c1. The van der Waals surface area contributed by atoms with Crippen LogP contribution in [0.4, 0.5) is 0 Å². The molecule has 0 aromatic heterocycles. The van der Waals surface area contributed by atoms with Gasteiger partial charge in [0, 0.05) is 11.6 Å². The molecule has 29 heavy (non-hydrogen) atoms. The van der Waals surface area contributed by atoms with E-state index in [1.165, 1.54) is 38.5 Å². The summed E-state index contributed by atoms with van der Waals surface area (Å²) in [4.78, 5) is 49.4. The Morgan fingerprint density at radius 2 is 1.48 bits per heavy atom. The number of carbonyl (C=O) groups is 4. The molecule has 2 aromatic carbocycles. The Labute approximate surface area is 166 Å². The van der Waals surface area contributed by atoms with Crippen molar-refractivity contribution in [3.8, 4) is 11.5 Å². The molecule has 0 aliphatic carbocycles.